The summed E-state index contributed by atoms with van der Waals surface area (Å²) in [6, 6.07) is 10.9. The molecule has 1 N–H and O–H groups in total. The van der Waals surface area contributed by atoms with Crippen molar-refractivity contribution in [1.82, 2.24) is 4.98 Å². The fraction of sp³-hybridized carbons (Fsp3) is 0.316. The molecular weight excluding hydrogens is 414 g/mol. The molecule has 142 valence electrons. The number of benzene rings is 1. The summed E-state index contributed by atoms with van der Waals surface area (Å²) in [5, 5.41) is 2.77. The van der Waals surface area contributed by atoms with E-state index in [1.54, 1.807) is 30.3 Å². The van der Waals surface area contributed by atoms with Gasteiger partial charge in [0.05, 0.1) is 6.61 Å². The molecule has 1 atom stereocenters. The first-order valence-corrected chi connectivity index (χ1v) is 9.34. The molecule has 1 aromatic carbocycles. The first-order valence-electron chi connectivity index (χ1n) is 8.54. The number of pyridine rings is 1. The molecule has 0 saturated carbocycles. The number of anilines is 2. The molecule has 1 unspecified atom stereocenters. The number of hydrogen-bond acceptors (Lipinski definition) is 5. The van der Waals surface area contributed by atoms with Crippen LogP contribution in [0.25, 0.3) is 0 Å². The molecule has 7 nitrogen and oxygen atoms in total. The van der Waals surface area contributed by atoms with Gasteiger partial charge in [-0.3, -0.25) is 9.59 Å². The highest BCUT2D eigenvalue weighted by molar-refractivity contribution is 9.10. The third-order valence-corrected chi connectivity index (χ3v) is 4.69. The number of nitrogens with zero attached hydrogens (tertiary/aromatic N) is 2. The number of amides is 2. The Morgan fingerprint density at radius 2 is 2.19 bits per heavy atom. The zero-order valence-electron chi connectivity index (χ0n) is 14.9. The average Bonchev–Trinajstić information content (AvgIpc) is 3.05. The molecule has 0 aliphatic carbocycles. The summed E-state index contributed by atoms with van der Waals surface area (Å²) in [5.74, 6) is -1.01. The standard InChI is InChI=1S/C19H20BrN3O4/c1-26-10-11-27-18-16(6-3-8-21-18)22-17(24)15-7-9-23(19(15)25)14-5-2-4-13(20)12-14/h2-6,8,12,15H,7,9-11H2,1H3,(H,22,24). The van der Waals surface area contributed by atoms with E-state index in [0.717, 1.165) is 10.2 Å². The third-order valence-electron chi connectivity index (χ3n) is 4.20. The van der Waals surface area contributed by atoms with Crippen molar-refractivity contribution in [2.45, 2.75) is 6.42 Å². The van der Waals surface area contributed by atoms with Gasteiger partial charge in [-0.25, -0.2) is 4.98 Å². The smallest absolute Gasteiger partial charge is 0.239 e. The highest BCUT2D eigenvalue weighted by Gasteiger charge is 2.38. The van der Waals surface area contributed by atoms with Crippen molar-refractivity contribution < 1.29 is 19.1 Å². The number of methoxy groups -OCH3 is 1. The molecule has 8 heteroatoms. The van der Waals surface area contributed by atoms with Gasteiger partial charge in [0.1, 0.15) is 18.2 Å². The van der Waals surface area contributed by atoms with Crippen molar-refractivity contribution in [3.05, 3.63) is 47.1 Å². The van der Waals surface area contributed by atoms with Gasteiger partial charge in [-0.15, -0.1) is 0 Å². The fourth-order valence-corrected chi connectivity index (χ4v) is 3.25. The Morgan fingerprint density at radius 3 is 2.96 bits per heavy atom. The topological polar surface area (TPSA) is 80.8 Å². The zero-order chi connectivity index (χ0) is 19.2. The number of carbonyl (C=O) groups is 2. The van der Waals surface area contributed by atoms with E-state index in [9.17, 15) is 9.59 Å². The number of ether oxygens (including phenoxy) is 2. The molecule has 2 heterocycles. The SMILES string of the molecule is COCCOc1ncccc1NC(=O)C1CCN(c2cccc(Br)c2)C1=O. The minimum atomic E-state index is -0.740. The number of nitrogens with one attached hydrogen (secondary N) is 1. The molecule has 27 heavy (non-hydrogen) atoms. The molecule has 0 spiro atoms. The van der Waals surface area contributed by atoms with Crippen LogP contribution >= 0.6 is 15.9 Å². The van der Waals surface area contributed by atoms with Gasteiger partial charge in [-0.05, 0) is 36.8 Å². The lowest BCUT2D eigenvalue weighted by Gasteiger charge is -2.17. The fourth-order valence-electron chi connectivity index (χ4n) is 2.87. The lowest BCUT2D eigenvalue weighted by Crippen LogP contribution is -2.33. The summed E-state index contributed by atoms with van der Waals surface area (Å²) in [6.07, 6.45) is 2.03. The lowest BCUT2D eigenvalue weighted by molar-refractivity contribution is -0.129. The number of hydrogen-bond donors (Lipinski definition) is 1. The van der Waals surface area contributed by atoms with Crippen molar-refractivity contribution in [2.75, 3.05) is 37.1 Å². The highest BCUT2D eigenvalue weighted by Crippen LogP contribution is 2.29. The monoisotopic (exact) mass is 433 g/mol. The minimum absolute atomic E-state index is 0.212. The first-order chi connectivity index (χ1) is 13.1. The van der Waals surface area contributed by atoms with Crippen LogP contribution in [0.15, 0.2) is 47.1 Å². The molecule has 1 aliphatic heterocycles. The maximum atomic E-state index is 12.7. The van der Waals surface area contributed by atoms with Crippen LogP contribution in [0.3, 0.4) is 0 Å². The molecule has 2 amide bonds. The summed E-state index contributed by atoms with van der Waals surface area (Å²) >= 11 is 3.40. The van der Waals surface area contributed by atoms with Crippen molar-refractivity contribution in [1.29, 1.82) is 0 Å². The largest absolute Gasteiger partial charge is 0.474 e. The summed E-state index contributed by atoms with van der Waals surface area (Å²) in [6.45, 7) is 1.22. The first kappa shape index (κ1) is 19.3. The van der Waals surface area contributed by atoms with Gasteiger partial charge in [0.25, 0.3) is 0 Å². The lowest BCUT2D eigenvalue weighted by atomic mass is 10.1. The third kappa shape index (κ3) is 4.64. The Bertz CT molecular complexity index is 830. The molecule has 1 fully saturated rings. The van der Waals surface area contributed by atoms with Gasteiger partial charge in [0.2, 0.25) is 17.7 Å². The van der Waals surface area contributed by atoms with Gasteiger partial charge < -0.3 is 19.7 Å². The maximum absolute atomic E-state index is 12.7. The van der Waals surface area contributed by atoms with Crippen LogP contribution in [0.4, 0.5) is 11.4 Å². The van der Waals surface area contributed by atoms with E-state index >= 15 is 0 Å². The average molecular weight is 434 g/mol. The molecule has 0 radical (unpaired) electrons. The van der Waals surface area contributed by atoms with Crippen LogP contribution in [0.2, 0.25) is 0 Å². The van der Waals surface area contributed by atoms with Crippen LogP contribution in [-0.2, 0) is 14.3 Å². The Kier molecular flexibility index (Phi) is 6.41. The van der Waals surface area contributed by atoms with Gasteiger partial charge in [0, 0.05) is 30.0 Å². The predicted octanol–water partition coefficient (Wildman–Crippen LogP) is 2.86. The molecule has 0 bridgehead atoms. The zero-order valence-corrected chi connectivity index (χ0v) is 16.4. The number of carbonyl (C=O) groups excluding carboxylic acids is 2. The van der Waals surface area contributed by atoms with Crippen molar-refractivity contribution >= 4 is 39.1 Å². The number of halogens is 1. The quantitative estimate of drug-likeness (QED) is 0.536. The van der Waals surface area contributed by atoms with Crippen molar-refractivity contribution in [2.24, 2.45) is 5.92 Å². The van der Waals surface area contributed by atoms with Crippen LogP contribution in [0.5, 0.6) is 5.88 Å². The Balaban J connectivity index is 1.68. The second kappa shape index (κ2) is 8.96. The second-order valence-corrected chi connectivity index (χ2v) is 6.91. The maximum Gasteiger partial charge on any atom is 0.239 e. The van der Waals surface area contributed by atoms with Crippen LogP contribution < -0.4 is 15.0 Å². The summed E-state index contributed by atoms with van der Waals surface area (Å²) < 4.78 is 11.4. The molecule has 1 aromatic heterocycles. The van der Waals surface area contributed by atoms with Crippen LogP contribution in [-0.4, -0.2) is 43.7 Å². The van der Waals surface area contributed by atoms with E-state index in [-0.39, 0.29) is 11.8 Å². The van der Waals surface area contributed by atoms with E-state index in [2.05, 4.69) is 26.2 Å². The number of rotatable bonds is 7. The molecule has 1 aliphatic rings. The summed E-state index contributed by atoms with van der Waals surface area (Å²) in [7, 11) is 1.58. The van der Waals surface area contributed by atoms with E-state index in [1.165, 1.54) is 0 Å². The predicted molar refractivity (Wildman–Crippen MR) is 105 cm³/mol. The van der Waals surface area contributed by atoms with E-state index in [0.29, 0.717) is 37.7 Å². The van der Waals surface area contributed by atoms with Gasteiger partial charge in [-0.2, -0.15) is 0 Å². The molecule has 1 saturated heterocycles. The Hall–Kier alpha value is -2.45. The van der Waals surface area contributed by atoms with E-state index in [4.69, 9.17) is 9.47 Å². The minimum Gasteiger partial charge on any atom is -0.474 e. The molecule has 2 aromatic rings. The summed E-state index contributed by atoms with van der Waals surface area (Å²) in [5.41, 5.74) is 1.21. The van der Waals surface area contributed by atoms with Crippen molar-refractivity contribution in [3.63, 3.8) is 0 Å². The summed E-state index contributed by atoms with van der Waals surface area (Å²) in [4.78, 5) is 31.2. The van der Waals surface area contributed by atoms with Gasteiger partial charge in [-0.1, -0.05) is 22.0 Å². The van der Waals surface area contributed by atoms with E-state index < -0.39 is 5.92 Å². The normalized spacial score (nSPS) is 16.4. The van der Waals surface area contributed by atoms with E-state index in [1.807, 2.05) is 24.3 Å². The van der Waals surface area contributed by atoms with Crippen LogP contribution in [0.1, 0.15) is 6.42 Å². The molecule has 3 rings (SSSR count). The van der Waals surface area contributed by atoms with Gasteiger partial charge in [0.15, 0.2) is 0 Å². The Morgan fingerprint density at radius 1 is 1.33 bits per heavy atom. The van der Waals surface area contributed by atoms with Crippen molar-refractivity contribution in [3.8, 4) is 5.88 Å². The van der Waals surface area contributed by atoms with Crippen LogP contribution in [0, 0.1) is 5.92 Å². The molecular formula is C19H20BrN3O4. The second-order valence-electron chi connectivity index (χ2n) is 6.00. The Labute approximate surface area is 165 Å². The highest BCUT2D eigenvalue weighted by atomic mass is 79.9. The van der Waals surface area contributed by atoms with Gasteiger partial charge >= 0.3 is 0 Å². The number of aromatic nitrogens is 1.